The lowest BCUT2D eigenvalue weighted by molar-refractivity contribution is 0.181. The highest BCUT2D eigenvalue weighted by Gasteiger charge is 2.02. The molecule has 0 fully saturated rings. The third-order valence-corrected chi connectivity index (χ3v) is 1.85. The number of ether oxygens (including phenoxy) is 1. The average molecular weight is 195 g/mol. The van der Waals surface area contributed by atoms with Crippen LogP contribution in [0.4, 0.5) is 5.82 Å². The zero-order valence-electron chi connectivity index (χ0n) is 9.00. The van der Waals surface area contributed by atoms with Gasteiger partial charge in [-0.2, -0.15) is 0 Å². The van der Waals surface area contributed by atoms with Crippen molar-refractivity contribution in [3.8, 4) is 0 Å². The number of rotatable bonds is 5. The van der Waals surface area contributed by atoms with Gasteiger partial charge in [0.2, 0.25) is 0 Å². The van der Waals surface area contributed by atoms with Crippen LogP contribution in [0.15, 0.2) is 6.07 Å². The SMILES string of the molecule is CCCc1nc(COC)cc(NC)n1. The molecule has 1 N–H and O–H groups in total. The lowest BCUT2D eigenvalue weighted by atomic mass is 10.3. The third kappa shape index (κ3) is 2.96. The minimum atomic E-state index is 0.536. The predicted octanol–water partition coefficient (Wildman–Crippen LogP) is 1.62. The summed E-state index contributed by atoms with van der Waals surface area (Å²) in [5, 5.41) is 3.02. The summed E-state index contributed by atoms with van der Waals surface area (Å²) < 4.78 is 5.04. The molecule has 0 atom stereocenters. The summed E-state index contributed by atoms with van der Waals surface area (Å²) >= 11 is 0. The van der Waals surface area contributed by atoms with Crippen molar-refractivity contribution in [2.45, 2.75) is 26.4 Å². The largest absolute Gasteiger partial charge is 0.378 e. The lowest BCUT2D eigenvalue weighted by Crippen LogP contribution is -2.04. The highest BCUT2D eigenvalue weighted by molar-refractivity contribution is 5.35. The van der Waals surface area contributed by atoms with Gasteiger partial charge in [0.05, 0.1) is 12.3 Å². The van der Waals surface area contributed by atoms with Gasteiger partial charge in [0.1, 0.15) is 11.6 Å². The van der Waals surface area contributed by atoms with Crippen LogP contribution >= 0.6 is 0 Å². The highest BCUT2D eigenvalue weighted by Crippen LogP contribution is 2.08. The monoisotopic (exact) mass is 195 g/mol. The van der Waals surface area contributed by atoms with Gasteiger partial charge in [0.15, 0.2) is 0 Å². The molecular weight excluding hydrogens is 178 g/mol. The van der Waals surface area contributed by atoms with Gasteiger partial charge in [-0.05, 0) is 6.42 Å². The van der Waals surface area contributed by atoms with E-state index >= 15 is 0 Å². The Morgan fingerprint density at radius 3 is 2.79 bits per heavy atom. The van der Waals surface area contributed by atoms with Gasteiger partial charge in [-0.1, -0.05) is 6.92 Å². The first kappa shape index (κ1) is 10.9. The summed E-state index contributed by atoms with van der Waals surface area (Å²) in [6.07, 6.45) is 1.96. The Bertz CT molecular complexity index is 264. The molecule has 0 aliphatic rings. The van der Waals surface area contributed by atoms with E-state index in [-0.39, 0.29) is 0 Å². The van der Waals surface area contributed by atoms with E-state index < -0.39 is 0 Å². The van der Waals surface area contributed by atoms with E-state index in [1.54, 1.807) is 7.11 Å². The molecule has 0 unspecified atom stereocenters. The summed E-state index contributed by atoms with van der Waals surface area (Å²) in [6.45, 7) is 2.65. The van der Waals surface area contributed by atoms with Crippen LogP contribution in [0.3, 0.4) is 0 Å². The molecule has 4 heteroatoms. The number of aromatic nitrogens is 2. The second-order valence-electron chi connectivity index (χ2n) is 3.09. The zero-order chi connectivity index (χ0) is 10.4. The maximum atomic E-state index is 5.04. The number of aryl methyl sites for hydroxylation is 1. The van der Waals surface area contributed by atoms with Crippen molar-refractivity contribution in [3.05, 3.63) is 17.6 Å². The number of anilines is 1. The van der Waals surface area contributed by atoms with Crippen LogP contribution in [0.2, 0.25) is 0 Å². The van der Waals surface area contributed by atoms with Gasteiger partial charge in [0.25, 0.3) is 0 Å². The quantitative estimate of drug-likeness (QED) is 0.775. The number of hydrogen-bond acceptors (Lipinski definition) is 4. The molecule has 0 amide bonds. The van der Waals surface area contributed by atoms with Crippen LogP contribution in [-0.2, 0) is 17.8 Å². The summed E-state index contributed by atoms with van der Waals surface area (Å²) in [5.74, 6) is 1.74. The van der Waals surface area contributed by atoms with E-state index in [1.165, 1.54) is 0 Å². The molecule has 1 heterocycles. The van der Waals surface area contributed by atoms with E-state index in [0.29, 0.717) is 6.61 Å². The Kier molecular flexibility index (Phi) is 4.32. The minimum absolute atomic E-state index is 0.536. The summed E-state index contributed by atoms with van der Waals surface area (Å²) in [6, 6.07) is 1.91. The molecule has 1 aromatic heterocycles. The van der Waals surface area contributed by atoms with Crippen molar-refractivity contribution in [1.29, 1.82) is 0 Å². The van der Waals surface area contributed by atoms with Gasteiger partial charge < -0.3 is 10.1 Å². The molecule has 1 rings (SSSR count). The normalized spacial score (nSPS) is 10.2. The molecule has 0 radical (unpaired) electrons. The first-order valence-electron chi connectivity index (χ1n) is 4.83. The standard InChI is InChI=1S/C10H17N3O/c1-4-5-9-12-8(7-14-3)6-10(11-2)13-9/h6H,4-5,7H2,1-3H3,(H,11,12,13). The summed E-state index contributed by atoms with van der Waals surface area (Å²) in [7, 11) is 3.52. The topological polar surface area (TPSA) is 47.0 Å². The van der Waals surface area contributed by atoms with Crippen LogP contribution < -0.4 is 5.32 Å². The maximum Gasteiger partial charge on any atom is 0.131 e. The predicted molar refractivity (Wildman–Crippen MR) is 56.3 cm³/mol. The number of nitrogens with zero attached hydrogens (tertiary/aromatic N) is 2. The zero-order valence-corrected chi connectivity index (χ0v) is 9.00. The van der Waals surface area contributed by atoms with Crippen molar-refractivity contribution in [2.75, 3.05) is 19.5 Å². The van der Waals surface area contributed by atoms with Crippen LogP contribution in [0.1, 0.15) is 24.9 Å². The third-order valence-electron chi connectivity index (χ3n) is 1.85. The lowest BCUT2D eigenvalue weighted by Gasteiger charge is -2.06. The van der Waals surface area contributed by atoms with Crippen molar-refractivity contribution in [2.24, 2.45) is 0 Å². The van der Waals surface area contributed by atoms with Gasteiger partial charge in [-0.25, -0.2) is 9.97 Å². The Balaban J connectivity index is 2.88. The molecule has 4 nitrogen and oxygen atoms in total. The summed E-state index contributed by atoms with van der Waals surface area (Å²) in [4.78, 5) is 8.73. The van der Waals surface area contributed by atoms with E-state index in [4.69, 9.17) is 4.74 Å². The van der Waals surface area contributed by atoms with Crippen molar-refractivity contribution < 1.29 is 4.74 Å². The van der Waals surface area contributed by atoms with Crippen molar-refractivity contribution in [1.82, 2.24) is 9.97 Å². The maximum absolute atomic E-state index is 5.04. The molecule has 0 saturated carbocycles. The van der Waals surface area contributed by atoms with E-state index in [2.05, 4.69) is 22.2 Å². The van der Waals surface area contributed by atoms with Crippen LogP contribution in [0, 0.1) is 0 Å². The number of hydrogen-bond donors (Lipinski definition) is 1. The molecule has 0 saturated heterocycles. The van der Waals surface area contributed by atoms with E-state index in [0.717, 1.165) is 30.2 Å². The number of methoxy groups -OCH3 is 1. The fraction of sp³-hybridized carbons (Fsp3) is 0.600. The van der Waals surface area contributed by atoms with Crippen LogP contribution in [0.5, 0.6) is 0 Å². The molecule has 0 aromatic carbocycles. The summed E-state index contributed by atoms with van der Waals surface area (Å²) in [5.41, 5.74) is 0.926. The molecule has 14 heavy (non-hydrogen) atoms. The molecule has 78 valence electrons. The molecule has 1 aromatic rings. The Labute approximate surface area is 84.7 Å². The molecular formula is C10H17N3O. The molecule has 0 bridgehead atoms. The van der Waals surface area contributed by atoms with Crippen LogP contribution in [-0.4, -0.2) is 24.1 Å². The Morgan fingerprint density at radius 2 is 2.21 bits per heavy atom. The van der Waals surface area contributed by atoms with Gasteiger partial charge in [-0.3, -0.25) is 0 Å². The minimum Gasteiger partial charge on any atom is -0.378 e. The van der Waals surface area contributed by atoms with Crippen molar-refractivity contribution >= 4 is 5.82 Å². The molecule has 0 aliphatic heterocycles. The van der Waals surface area contributed by atoms with Crippen LogP contribution in [0.25, 0.3) is 0 Å². The van der Waals surface area contributed by atoms with E-state index in [9.17, 15) is 0 Å². The smallest absolute Gasteiger partial charge is 0.131 e. The first-order chi connectivity index (χ1) is 6.80. The molecule has 0 aliphatic carbocycles. The van der Waals surface area contributed by atoms with E-state index in [1.807, 2.05) is 13.1 Å². The fourth-order valence-electron chi connectivity index (χ4n) is 1.24. The average Bonchev–Trinajstić information content (AvgIpc) is 2.18. The van der Waals surface area contributed by atoms with Gasteiger partial charge in [-0.15, -0.1) is 0 Å². The highest BCUT2D eigenvalue weighted by atomic mass is 16.5. The second kappa shape index (κ2) is 5.54. The fourth-order valence-corrected chi connectivity index (χ4v) is 1.24. The van der Waals surface area contributed by atoms with Crippen molar-refractivity contribution in [3.63, 3.8) is 0 Å². The number of nitrogens with one attached hydrogen (secondary N) is 1. The first-order valence-corrected chi connectivity index (χ1v) is 4.83. The Morgan fingerprint density at radius 1 is 1.43 bits per heavy atom. The second-order valence-corrected chi connectivity index (χ2v) is 3.09. The molecule has 0 spiro atoms. The van der Waals surface area contributed by atoms with Gasteiger partial charge in [0, 0.05) is 26.6 Å². The van der Waals surface area contributed by atoms with Gasteiger partial charge >= 0.3 is 0 Å². The Hall–Kier alpha value is -1.16.